The Bertz CT molecular complexity index is 394. The van der Waals surface area contributed by atoms with Gasteiger partial charge in [-0.25, -0.2) is 0 Å². The molecule has 0 aromatic rings. The average Bonchev–Trinajstić information content (AvgIpc) is 2.95. The molecule has 0 amide bonds. The monoisotopic (exact) mass is 436 g/mol. The van der Waals surface area contributed by atoms with E-state index in [-0.39, 0.29) is 24.0 Å². The third kappa shape index (κ3) is 5.19. The Morgan fingerprint density at radius 1 is 1.17 bits per heavy atom. The predicted molar refractivity (Wildman–Crippen MR) is 106 cm³/mol. The molecule has 0 bridgehead atoms. The first-order valence-electron chi connectivity index (χ1n) is 9.09. The zero-order valence-corrected chi connectivity index (χ0v) is 16.8. The SMILES string of the molecule is CN=C(NCC1(O)CCC1)N1CCC(CN2CCCCC2)C1.I. The molecule has 1 atom stereocenters. The van der Waals surface area contributed by atoms with Gasteiger partial charge in [-0.05, 0) is 57.5 Å². The number of hydrogen-bond donors (Lipinski definition) is 2. The normalized spacial score (nSPS) is 28.2. The number of nitrogens with zero attached hydrogens (tertiary/aromatic N) is 3. The third-order valence-electron chi connectivity index (χ3n) is 5.62. The standard InChI is InChI=1S/C17H32N4O.HI/c1-18-16(19-14-17(22)7-5-8-17)21-11-6-15(13-21)12-20-9-3-2-4-10-20;/h15,22H,2-14H2,1H3,(H,18,19);1H. The first-order valence-corrected chi connectivity index (χ1v) is 9.09. The van der Waals surface area contributed by atoms with Crippen LogP contribution in [0, 0.1) is 5.92 Å². The largest absolute Gasteiger partial charge is 0.388 e. The minimum absolute atomic E-state index is 0. The summed E-state index contributed by atoms with van der Waals surface area (Å²) in [6.45, 7) is 6.67. The maximum atomic E-state index is 10.2. The lowest BCUT2D eigenvalue weighted by atomic mass is 9.80. The van der Waals surface area contributed by atoms with Gasteiger partial charge in [-0.15, -0.1) is 24.0 Å². The first kappa shape index (κ1) is 19.2. The number of hydrogen-bond acceptors (Lipinski definition) is 3. The van der Waals surface area contributed by atoms with E-state index in [9.17, 15) is 5.11 Å². The molecule has 1 aliphatic carbocycles. The van der Waals surface area contributed by atoms with Gasteiger partial charge in [0.25, 0.3) is 0 Å². The minimum Gasteiger partial charge on any atom is -0.388 e. The van der Waals surface area contributed by atoms with Crippen LogP contribution in [0.4, 0.5) is 0 Å². The maximum Gasteiger partial charge on any atom is 0.193 e. The summed E-state index contributed by atoms with van der Waals surface area (Å²) in [7, 11) is 1.85. The molecular formula is C17H33IN4O. The molecule has 0 aromatic heterocycles. The van der Waals surface area contributed by atoms with Gasteiger partial charge in [0.05, 0.1) is 5.60 Å². The number of halogens is 1. The van der Waals surface area contributed by atoms with Gasteiger partial charge in [-0.3, -0.25) is 4.99 Å². The molecule has 0 spiro atoms. The van der Waals surface area contributed by atoms with E-state index in [0.29, 0.717) is 6.54 Å². The van der Waals surface area contributed by atoms with E-state index in [1.165, 1.54) is 45.3 Å². The van der Waals surface area contributed by atoms with Crippen molar-refractivity contribution < 1.29 is 5.11 Å². The van der Waals surface area contributed by atoms with Crippen molar-refractivity contribution >= 4 is 29.9 Å². The lowest BCUT2D eigenvalue weighted by molar-refractivity contribution is -0.0282. The summed E-state index contributed by atoms with van der Waals surface area (Å²) in [5.74, 6) is 1.74. The number of nitrogens with one attached hydrogen (secondary N) is 1. The number of guanidine groups is 1. The Hall–Kier alpha value is -0.0800. The van der Waals surface area contributed by atoms with Crippen molar-refractivity contribution in [3.63, 3.8) is 0 Å². The number of aliphatic hydroxyl groups is 1. The molecule has 6 heteroatoms. The van der Waals surface area contributed by atoms with Crippen molar-refractivity contribution in [1.82, 2.24) is 15.1 Å². The second-order valence-corrected chi connectivity index (χ2v) is 7.44. The van der Waals surface area contributed by atoms with Crippen LogP contribution in [-0.4, -0.2) is 72.8 Å². The van der Waals surface area contributed by atoms with Crippen molar-refractivity contribution in [1.29, 1.82) is 0 Å². The average molecular weight is 436 g/mol. The Morgan fingerprint density at radius 2 is 1.91 bits per heavy atom. The van der Waals surface area contributed by atoms with Crippen LogP contribution in [0.5, 0.6) is 0 Å². The lowest BCUT2D eigenvalue weighted by Gasteiger charge is -2.37. The van der Waals surface area contributed by atoms with E-state index in [4.69, 9.17) is 0 Å². The molecule has 3 aliphatic rings. The van der Waals surface area contributed by atoms with Gasteiger partial charge in [0, 0.05) is 33.2 Å². The Labute approximate surface area is 157 Å². The van der Waals surface area contributed by atoms with Crippen LogP contribution in [0.2, 0.25) is 0 Å². The van der Waals surface area contributed by atoms with Gasteiger partial charge < -0.3 is 20.2 Å². The van der Waals surface area contributed by atoms with Gasteiger partial charge in [0.15, 0.2) is 5.96 Å². The predicted octanol–water partition coefficient (Wildman–Crippen LogP) is 1.90. The van der Waals surface area contributed by atoms with Crippen LogP contribution in [0.15, 0.2) is 4.99 Å². The van der Waals surface area contributed by atoms with E-state index < -0.39 is 5.60 Å². The molecular weight excluding hydrogens is 403 g/mol. The highest BCUT2D eigenvalue weighted by Crippen LogP contribution is 2.30. The quantitative estimate of drug-likeness (QED) is 0.402. The third-order valence-corrected chi connectivity index (χ3v) is 5.62. The Morgan fingerprint density at radius 3 is 2.52 bits per heavy atom. The summed E-state index contributed by atoms with van der Waals surface area (Å²) in [4.78, 5) is 9.43. The van der Waals surface area contributed by atoms with Crippen LogP contribution >= 0.6 is 24.0 Å². The van der Waals surface area contributed by atoms with Crippen molar-refractivity contribution in [2.24, 2.45) is 10.9 Å². The van der Waals surface area contributed by atoms with Crippen LogP contribution in [0.3, 0.4) is 0 Å². The molecule has 1 unspecified atom stereocenters. The fourth-order valence-electron chi connectivity index (χ4n) is 4.02. The van der Waals surface area contributed by atoms with E-state index in [0.717, 1.165) is 44.2 Å². The smallest absolute Gasteiger partial charge is 0.193 e. The molecule has 2 N–H and O–H groups in total. The summed E-state index contributed by atoms with van der Waals surface area (Å²) in [5.41, 5.74) is -0.483. The molecule has 3 rings (SSSR count). The van der Waals surface area contributed by atoms with Crippen molar-refractivity contribution in [2.45, 2.75) is 50.5 Å². The van der Waals surface area contributed by atoms with Gasteiger partial charge in [0.1, 0.15) is 0 Å². The number of aliphatic imine (C=N–C) groups is 1. The maximum absolute atomic E-state index is 10.2. The summed E-state index contributed by atoms with van der Waals surface area (Å²) in [6, 6.07) is 0. The number of likely N-dealkylation sites (tertiary alicyclic amines) is 2. The van der Waals surface area contributed by atoms with E-state index >= 15 is 0 Å². The summed E-state index contributed by atoms with van der Waals surface area (Å²) >= 11 is 0. The van der Waals surface area contributed by atoms with Gasteiger partial charge in [-0.2, -0.15) is 0 Å². The van der Waals surface area contributed by atoms with E-state index in [1.807, 2.05) is 7.05 Å². The highest BCUT2D eigenvalue weighted by Gasteiger charge is 2.35. The highest BCUT2D eigenvalue weighted by molar-refractivity contribution is 14.0. The molecule has 0 aromatic carbocycles. The first-order chi connectivity index (χ1) is 10.7. The summed E-state index contributed by atoms with van der Waals surface area (Å²) in [6.07, 6.45) is 8.42. The number of piperidine rings is 1. The molecule has 1 saturated carbocycles. The fourth-order valence-corrected chi connectivity index (χ4v) is 4.02. The molecule has 2 heterocycles. The molecule has 0 radical (unpaired) electrons. The van der Waals surface area contributed by atoms with Crippen molar-refractivity contribution in [3.8, 4) is 0 Å². The Balaban J connectivity index is 0.00000192. The fraction of sp³-hybridized carbons (Fsp3) is 0.941. The van der Waals surface area contributed by atoms with Crippen molar-refractivity contribution in [2.75, 3.05) is 46.3 Å². The molecule has 5 nitrogen and oxygen atoms in total. The molecule has 134 valence electrons. The topological polar surface area (TPSA) is 51.1 Å². The zero-order chi connectivity index (χ0) is 15.4. The van der Waals surface area contributed by atoms with Crippen LogP contribution in [0.25, 0.3) is 0 Å². The summed E-state index contributed by atoms with van der Waals surface area (Å²) < 4.78 is 0. The van der Waals surface area contributed by atoms with Gasteiger partial charge in [-0.1, -0.05) is 6.42 Å². The minimum atomic E-state index is -0.483. The van der Waals surface area contributed by atoms with Crippen LogP contribution in [0.1, 0.15) is 44.9 Å². The highest BCUT2D eigenvalue weighted by atomic mass is 127. The molecule has 2 aliphatic heterocycles. The molecule has 3 fully saturated rings. The zero-order valence-electron chi connectivity index (χ0n) is 14.5. The second-order valence-electron chi connectivity index (χ2n) is 7.44. The molecule has 23 heavy (non-hydrogen) atoms. The van der Waals surface area contributed by atoms with Crippen LogP contribution < -0.4 is 5.32 Å². The van der Waals surface area contributed by atoms with Gasteiger partial charge in [0.2, 0.25) is 0 Å². The second kappa shape index (κ2) is 8.85. The van der Waals surface area contributed by atoms with Crippen molar-refractivity contribution in [3.05, 3.63) is 0 Å². The Kier molecular flexibility index (Phi) is 7.41. The van der Waals surface area contributed by atoms with E-state index in [2.05, 4.69) is 20.1 Å². The van der Waals surface area contributed by atoms with E-state index in [1.54, 1.807) is 0 Å². The summed E-state index contributed by atoms with van der Waals surface area (Å²) in [5, 5.41) is 13.6. The molecule has 2 saturated heterocycles. The lowest BCUT2D eigenvalue weighted by Crippen LogP contribution is -2.51. The van der Waals surface area contributed by atoms with Gasteiger partial charge >= 0.3 is 0 Å². The number of rotatable bonds is 4. The van der Waals surface area contributed by atoms with Crippen LogP contribution in [-0.2, 0) is 0 Å².